The predicted molar refractivity (Wildman–Crippen MR) is 86.4 cm³/mol. The van der Waals surface area contributed by atoms with Gasteiger partial charge >= 0.3 is 0 Å². The molecule has 21 heavy (non-hydrogen) atoms. The van der Waals surface area contributed by atoms with Gasteiger partial charge in [0.25, 0.3) is 0 Å². The molecule has 0 aromatic carbocycles. The van der Waals surface area contributed by atoms with Crippen molar-refractivity contribution in [2.24, 2.45) is 5.92 Å². The van der Waals surface area contributed by atoms with Crippen molar-refractivity contribution in [1.82, 2.24) is 0 Å². The molecule has 0 amide bonds. The lowest BCUT2D eigenvalue weighted by Crippen LogP contribution is -2.32. The first-order valence-corrected chi connectivity index (χ1v) is 9.71. The summed E-state index contributed by atoms with van der Waals surface area (Å²) in [6, 6.07) is 2.01. The molecule has 1 aliphatic carbocycles. The standard InChI is InChI=1S/C14H21N3O2S2/c1-3-17(9-10-6-5-7-10)14-13(21(18,19)4-2)12(16)11(8-15)20-14/h10H,3-7,9,16H2,1-2H3. The molecular weight excluding hydrogens is 306 g/mol. The van der Waals surface area contributed by atoms with E-state index < -0.39 is 9.84 Å². The summed E-state index contributed by atoms with van der Waals surface area (Å²) in [4.78, 5) is 2.52. The predicted octanol–water partition coefficient (Wildman–Crippen LogP) is 2.62. The van der Waals surface area contributed by atoms with E-state index in [9.17, 15) is 8.42 Å². The van der Waals surface area contributed by atoms with E-state index in [-0.39, 0.29) is 16.3 Å². The molecule has 1 heterocycles. The van der Waals surface area contributed by atoms with E-state index in [0.717, 1.165) is 6.54 Å². The molecule has 1 aromatic heterocycles. The van der Waals surface area contributed by atoms with Crippen molar-refractivity contribution in [2.45, 2.75) is 38.0 Å². The number of sulfone groups is 1. The molecule has 5 nitrogen and oxygen atoms in total. The van der Waals surface area contributed by atoms with E-state index >= 15 is 0 Å². The topological polar surface area (TPSA) is 87.2 Å². The molecule has 2 rings (SSSR count). The van der Waals surface area contributed by atoms with Crippen LogP contribution in [-0.4, -0.2) is 27.3 Å². The second-order valence-corrected chi connectivity index (χ2v) is 8.54. The summed E-state index contributed by atoms with van der Waals surface area (Å²) in [5, 5.41) is 9.79. The van der Waals surface area contributed by atoms with Crippen LogP contribution >= 0.6 is 11.3 Å². The molecule has 0 radical (unpaired) electrons. The summed E-state index contributed by atoms with van der Waals surface area (Å²) >= 11 is 1.20. The van der Waals surface area contributed by atoms with Gasteiger partial charge in [-0.15, -0.1) is 11.3 Å². The summed E-state index contributed by atoms with van der Waals surface area (Å²) in [5.74, 6) is 0.614. The molecule has 116 valence electrons. The minimum atomic E-state index is -3.44. The number of nitrogens with zero attached hydrogens (tertiary/aromatic N) is 2. The molecule has 1 saturated carbocycles. The minimum Gasteiger partial charge on any atom is -0.396 e. The van der Waals surface area contributed by atoms with E-state index in [1.54, 1.807) is 6.92 Å². The van der Waals surface area contributed by atoms with Crippen LogP contribution in [0.4, 0.5) is 10.7 Å². The first-order chi connectivity index (χ1) is 9.94. The van der Waals surface area contributed by atoms with Gasteiger partial charge in [-0.25, -0.2) is 8.42 Å². The Morgan fingerprint density at radius 2 is 2.10 bits per heavy atom. The summed E-state index contributed by atoms with van der Waals surface area (Å²) in [6.07, 6.45) is 3.63. The Hall–Kier alpha value is -1.26. The smallest absolute Gasteiger partial charge is 0.183 e. The lowest BCUT2D eigenvalue weighted by atomic mass is 9.85. The van der Waals surface area contributed by atoms with Crippen LogP contribution in [0.5, 0.6) is 0 Å². The van der Waals surface area contributed by atoms with Crippen molar-refractivity contribution in [3.63, 3.8) is 0 Å². The number of rotatable bonds is 6. The molecular formula is C14H21N3O2S2. The maximum absolute atomic E-state index is 12.4. The molecule has 0 saturated heterocycles. The Morgan fingerprint density at radius 3 is 2.52 bits per heavy atom. The number of hydrogen-bond acceptors (Lipinski definition) is 6. The number of nitrogen functional groups attached to an aromatic ring is 1. The van der Waals surface area contributed by atoms with Crippen molar-refractivity contribution in [1.29, 1.82) is 5.26 Å². The fourth-order valence-electron chi connectivity index (χ4n) is 2.50. The van der Waals surface area contributed by atoms with Crippen LogP contribution in [0.25, 0.3) is 0 Å². The molecule has 0 aliphatic heterocycles. The Balaban J connectivity index is 2.48. The van der Waals surface area contributed by atoms with Gasteiger partial charge < -0.3 is 10.6 Å². The highest BCUT2D eigenvalue weighted by Gasteiger charge is 2.30. The first kappa shape index (κ1) is 16.1. The first-order valence-electron chi connectivity index (χ1n) is 7.24. The molecule has 0 atom stereocenters. The normalized spacial score (nSPS) is 15.5. The maximum Gasteiger partial charge on any atom is 0.183 e. The van der Waals surface area contributed by atoms with E-state index in [0.29, 0.717) is 22.3 Å². The van der Waals surface area contributed by atoms with Gasteiger partial charge in [-0.05, 0) is 25.7 Å². The fraction of sp³-hybridized carbons (Fsp3) is 0.643. The molecule has 0 unspecified atom stereocenters. The van der Waals surface area contributed by atoms with Crippen molar-refractivity contribution < 1.29 is 8.42 Å². The Morgan fingerprint density at radius 1 is 1.43 bits per heavy atom. The van der Waals surface area contributed by atoms with Crippen LogP contribution in [0.1, 0.15) is 38.0 Å². The molecule has 0 spiro atoms. The van der Waals surface area contributed by atoms with Crippen molar-refractivity contribution >= 4 is 31.9 Å². The highest BCUT2D eigenvalue weighted by Crippen LogP contribution is 2.42. The molecule has 7 heteroatoms. The second kappa shape index (κ2) is 6.24. The van der Waals surface area contributed by atoms with Crippen molar-refractivity contribution in [3.8, 4) is 6.07 Å². The number of anilines is 2. The highest BCUT2D eigenvalue weighted by atomic mass is 32.2. The zero-order valence-corrected chi connectivity index (χ0v) is 14.1. The van der Waals surface area contributed by atoms with Crippen LogP contribution in [0.2, 0.25) is 0 Å². The Bertz CT molecular complexity index is 654. The van der Waals surface area contributed by atoms with Crippen LogP contribution in [-0.2, 0) is 9.84 Å². The third-order valence-corrected chi connectivity index (χ3v) is 7.14. The van der Waals surface area contributed by atoms with Gasteiger partial charge in [-0.2, -0.15) is 5.26 Å². The zero-order valence-electron chi connectivity index (χ0n) is 12.4. The van der Waals surface area contributed by atoms with Crippen LogP contribution in [0, 0.1) is 17.2 Å². The SMILES string of the molecule is CCN(CC1CCC1)c1sc(C#N)c(N)c1S(=O)(=O)CC. The fourth-order valence-corrected chi connectivity index (χ4v) is 5.17. The number of nitrogens with two attached hydrogens (primary N) is 1. The molecule has 1 aliphatic rings. The molecule has 0 bridgehead atoms. The van der Waals surface area contributed by atoms with E-state index in [4.69, 9.17) is 11.0 Å². The van der Waals surface area contributed by atoms with Gasteiger partial charge in [0, 0.05) is 13.1 Å². The van der Waals surface area contributed by atoms with Crippen LogP contribution in [0.15, 0.2) is 4.90 Å². The van der Waals surface area contributed by atoms with Gasteiger partial charge in [0.15, 0.2) is 9.84 Å². The van der Waals surface area contributed by atoms with E-state index in [1.807, 2.05) is 13.0 Å². The minimum absolute atomic E-state index is 0.00716. The molecule has 1 fully saturated rings. The van der Waals surface area contributed by atoms with Gasteiger partial charge in [0.1, 0.15) is 20.8 Å². The number of thiophene rings is 1. The maximum atomic E-state index is 12.4. The third kappa shape index (κ3) is 3.01. The third-order valence-electron chi connectivity index (χ3n) is 4.05. The van der Waals surface area contributed by atoms with Gasteiger partial charge in [0.05, 0.1) is 11.4 Å². The quantitative estimate of drug-likeness (QED) is 0.868. The van der Waals surface area contributed by atoms with E-state index in [2.05, 4.69) is 4.90 Å². The molecule has 1 aromatic rings. The number of hydrogen-bond donors (Lipinski definition) is 1. The number of nitriles is 1. The van der Waals surface area contributed by atoms with Crippen LogP contribution < -0.4 is 10.6 Å². The largest absolute Gasteiger partial charge is 0.396 e. The van der Waals surface area contributed by atoms with Gasteiger partial charge in [-0.3, -0.25) is 0 Å². The Labute approximate surface area is 130 Å². The zero-order chi connectivity index (χ0) is 15.6. The average molecular weight is 327 g/mol. The summed E-state index contributed by atoms with van der Waals surface area (Å²) in [7, 11) is -3.44. The lowest BCUT2D eigenvalue weighted by molar-refractivity contribution is 0.318. The van der Waals surface area contributed by atoms with Gasteiger partial charge in [0.2, 0.25) is 0 Å². The average Bonchev–Trinajstić information content (AvgIpc) is 2.75. The monoisotopic (exact) mass is 327 g/mol. The summed E-state index contributed by atoms with van der Waals surface area (Å²) in [6.45, 7) is 5.16. The second-order valence-electron chi connectivity index (χ2n) is 5.33. The van der Waals surface area contributed by atoms with E-state index in [1.165, 1.54) is 30.6 Å². The van der Waals surface area contributed by atoms with Crippen LogP contribution in [0.3, 0.4) is 0 Å². The summed E-state index contributed by atoms with van der Waals surface area (Å²) in [5.41, 5.74) is 6.05. The van der Waals surface area contributed by atoms with Gasteiger partial charge in [-0.1, -0.05) is 13.3 Å². The van der Waals surface area contributed by atoms with Crippen molar-refractivity contribution in [3.05, 3.63) is 4.88 Å². The highest BCUT2D eigenvalue weighted by molar-refractivity contribution is 7.91. The summed E-state index contributed by atoms with van der Waals surface area (Å²) < 4.78 is 24.7. The van der Waals surface area contributed by atoms with Crippen molar-refractivity contribution in [2.75, 3.05) is 29.5 Å². The lowest BCUT2D eigenvalue weighted by Gasteiger charge is -2.32. The molecule has 2 N–H and O–H groups in total. The Kier molecular flexibility index (Phi) is 4.79.